The summed E-state index contributed by atoms with van der Waals surface area (Å²) in [6.45, 7) is 3.72. The third-order valence-electron chi connectivity index (χ3n) is 3.25. The molecule has 0 radical (unpaired) electrons. The lowest BCUT2D eigenvalue weighted by Crippen LogP contribution is -2.37. The number of hydrogen-bond acceptors (Lipinski definition) is 4. The van der Waals surface area contributed by atoms with Crippen LogP contribution in [0.15, 0.2) is 42.5 Å². The lowest BCUT2D eigenvalue weighted by atomic mass is 10.1. The quantitative estimate of drug-likeness (QED) is 0.838. The van der Waals surface area contributed by atoms with Crippen molar-refractivity contribution in [3.05, 3.63) is 59.2 Å². The van der Waals surface area contributed by atoms with Gasteiger partial charge in [-0.2, -0.15) is 5.26 Å². The maximum Gasteiger partial charge on any atom is 0.264 e. The monoisotopic (exact) mass is 339 g/mol. The van der Waals surface area contributed by atoms with Crippen LogP contribution in [0.1, 0.15) is 16.7 Å². The Morgan fingerprint density at radius 2 is 2.00 bits per heavy atom. The first-order valence-electron chi connectivity index (χ1n) is 7.29. The molecule has 0 saturated heterocycles. The number of para-hydroxylation sites is 1. The number of nitrogens with zero attached hydrogens (tertiary/aromatic N) is 1. The fourth-order valence-corrected chi connectivity index (χ4v) is 2.24. The normalized spacial score (nSPS) is 9.71. The number of thiocarbonyl (C=S) groups is 1. The summed E-state index contributed by atoms with van der Waals surface area (Å²) in [6.07, 6.45) is 0. The Balaban J connectivity index is 1.89. The van der Waals surface area contributed by atoms with Crippen LogP contribution < -0.4 is 15.4 Å². The number of amides is 1. The smallest absolute Gasteiger partial charge is 0.264 e. The molecule has 1 amide bonds. The van der Waals surface area contributed by atoms with Gasteiger partial charge >= 0.3 is 0 Å². The first-order valence-corrected chi connectivity index (χ1v) is 7.70. The van der Waals surface area contributed by atoms with Crippen LogP contribution in [0.4, 0.5) is 5.69 Å². The van der Waals surface area contributed by atoms with Gasteiger partial charge in [0.1, 0.15) is 11.8 Å². The zero-order valence-corrected chi connectivity index (χ0v) is 14.2. The number of carbonyl (C=O) groups excluding carboxylic acids is 1. The third kappa shape index (κ3) is 4.80. The number of rotatable bonds is 4. The van der Waals surface area contributed by atoms with Crippen molar-refractivity contribution in [3.63, 3.8) is 0 Å². The van der Waals surface area contributed by atoms with E-state index in [1.807, 2.05) is 32.0 Å². The summed E-state index contributed by atoms with van der Waals surface area (Å²) in [5.41, 5.74) is 3.00. The van der Waals surface area contributed by atoms with Crippen LogP contribution in [0.5, 0.6) is 5.75 Å². The van der Waals surface area contributed by atoms with E-state index >= 15 is 0 Å². The molecule has 2 N–H and O–H groups in total. The van der Waals surface area contributed by atoms with Gasteiger partial charge in [-0.1, -0.05) is 24.3 Å². The fraction of sp³-hybridized carbons (Fsp3) is 0.167. The van der Waals surface area contributed by atoms with E-state index in [0.29, 0.717) is 17.0 Å². The largest absolute Gasteiger partial charge is 0.483 e. The molecule has 0 unspecified atom stereocenters. The SMILES string of the molecule is Cc1ccc(C)c(OCC(=O)NC(=S)Nc2ccccc2C#N)c1. The molecule has 0 atom stereocenters. The summed E-state index contributed by atoms with van der Waals surface area (Å²) < 4.78 is 5.52. The van der Waals surface area contributed by atoms with Crippen molar-refractivity contribution in [2.75, 3.05) is 11.9 Å². The predicted octanol–water partition coefficient (Wildman–Crippen LogP) is 3.07. The van der Waals surface area contributed by atoms with Crippen molar-refractivity contribution >= 4 is 28.9 Å². The Kier molecular flexibility index (Phi) is 5.88. The lowest BCUT2D eigenvalue weighted by Gasteiger charge is -2.12. The van der Waals surface area contributed by atoms with E-state index in [2.05, 4.69) is 16.7 Å². The van der Waals surface area contributed by atoms with Crippen molar-refractivity contribution in [1.82, 2.24) is 5.32 Å². The van der Waals surface area contributed by atoms with Crippen LogP contribution in [0.2, 0.25) is 0 Å². The second kappa shape index (κ2) is 8.09. The molecule has 0 aliphatic rings. The van der Waals surface area contributed by atoms with Gasteiger partial charge in [0.25, 0.3) is 5.91 Å². The number of anilines is 1. The minimum absolute atomic E-state index is 0.118. The summed E-state index contributed by atoms with van der Waals surface area (Å²) in [5, 5.41) is 14.5. The van der Waals surface area contributed by atoms with Crippen LogP contribution in [0.3, 0.4) is 0 Å². The number of ether oxygens (including phenoxy) is 1. The minimum Gasteiger partial charge on any atom is -0.483 e. The molecule has 2 aromatic carbocycles. The van der Waals surface area contributed by atoms with Gasteiger partial charge in [0.15, 0.2) is 11.7 Å². The van der Waals surface area contributed by atoms with E-state index in [9.17, 15) is 4.79 Å². The molecule has 0 aromatic heterocycles. The van der Waals surface area contributed by atoms with E-state index in [1.54, 1.807) is 24.3 Å². The molecule has 0 bridgehead atoms. The molecule has 0 saturated carbocycles. The fourth-order valence-electron chi connectivity index (χ4n) is 2.01. The first kappa shape index (κ1) is 17.4. The lowest BCUT2D eigenvalue weighted by molar-refractivity contribution is -0.121. The number of nitrogens with one attached hydrogen (secondary N) is 2. The van der Waals surface area contributed by atoms with E-state index in [-0.39, 0.29) is 17.6 Å². The van der Waals surface area contributed by atoms with Crippen molar-refractivity contribution in [2.24, 2.45) is 0 Å². The van der Waals surface area contributed by atoms with Crippen molar-refractivity contribution in [3.8, 4) is 11.8 Å². The molecule has 2 aromatic rings. The highest BCUT2D eigenvalue weighted by molar-refractivity contribution is 7.80. The summed E-state index contributed by atoms with van der Waals surface area (Å²) in [7, 11) is 0. The van der Waals surface area contributed by atoms with E-state index in [1.165, 1.54) is 0 Å². The summed E-state index contributed by atoms with van der Waals surface area (Å²) in [5.74, 6) is 0.293. The van der Waals surface area contributed by atoms with E-state index in [4.69, 9.17) is 22.2 Å². The maximum atomic E-state index is 11.9. The molecule has 0 aliphatic carbocycles. The predicted molar refractivity (Wildman–Crippen MR) is 96.9 cm³/mol. The first-order chi connectivity index (χ1) is 11.5. The second-order valence-corrected chi connectivity index (χ2v) is 5.63. The highest BCUT2D eigenvalue weighted by atomic mass is 32.1. The van der Waals surface area contributed by atoms with Gasteiger partial charge in [-0.15, -0.1) is 0 Å². The molecule has 122 valence electrons. The van der Waals surface area contributed by atoms with Crippen molar-refractivity contribution < 1.29 is 9.53 Å². The van der Waals surface area contributed by atoms with Gasteiger partial charge in [0.05, 0.1) is 11.3 Å². The second-order valence-electron chi connectivity index (χ2n) is 5.22. The number of nitriles is 1. The van der Waals surface area contributed by atoms with Gasteiger partial charge in [-0.05, 0) is 55.4 Å². The Labute approximate surface area is 146 Å². The van der Waals surface area contributed by atoms with Gasteiger partial charge in [0, 0.05) is 0 Å². The number of hydrogen-bond donors (Lipinski definition) is 2. The van der Waals surface area contributed by atoms with E-state index in [0.717, 1.165) is 11.1 Å². The number of carbonyl (C=O) groups is 1. The summed E-state index contributed by atoms with van der Waals surface area (Å²) >= 11 is 5.09. The van der Waals surface area contributed by atoms with Crippen molar-refractivity contribution in [2.45, 2.75) is 13.8 Å². The van der Waals surface area contributed by atoms with Crippen LogP contribution in [-0.2, 0) is 4.79 Å². The molecular formula is C18H17N3O2S. The van der Waals surface area contributed by atoms with Crippen LogP contribution >= 0.6 is 12.2 Å². The Bertz CT molecular complexity index is 812. The van der Waals surface area contributed by atoms with Gasteiger partial charge in [-0.25, -0.2) is 0 Å². The maximum absolute atomic E-state index is 11.9. The highest BCUT2D eigenvalue weighted by Gasteiger charge is 2.09. The molecule has 6 heteroatoms. The van der Waals surface area contributed by atoms with Gasteiger partial charge in [0.2, 0.25) is 0 Å². The molecular weight excluding hydrogens is 322 g/mol. The average molecular weight is 339 g/mol. The molecule has 0 heterocycles. The third-order valence-corrected chi connectivity index (χ3v) is 3.46. The average Bonchev–Trinajstić information content (AvgIpc) is 2.56. The Morgan fingerprint density at radius 1 is 1.25 bits per heavy atom. The molecule has 0 aliphatic heterocycles. The molecule has 24 heavy (non-hydrogen) atoms. The molecule has 2 rings (SSSR count). The number of aryl methyl sites for hydroxylation is 2. The minimum atomic E-state index is -0.372. The van der Waals surface area contributed by atoms with Gasteiger partial charge < -0.3 is 10.1 Å². The zero-order valence-electron chi connectivity index (χ0n) is 13.4. The molecule has 0 spiro atoms. The molecule has 0 fully saturated rings. The topological polar surface area (TPSA) is 74.2 Å². The van der Waals surface area contributed by atoms with Crippen LogP contribution in [-0.4, -0.2) is 17.6 Å². The van der Waals surface area contributed by atoms with Gasteiger partial charge in [-0.3, -0.25) is 10.1 Å². The highest BCUT2D eigenvalue weighted by Crippen LogP contribution is 2.18. The van der Waals surface area contributed by atoms with Crippen LogP contribution in [0, 0.1) is 25.2 Å². The summed E-state index contributed by atoms with van der Waals surface area (Å²) in [4.78, 5) is 11.9. The standard InChI is InChI=1S/C18H17N3O2S/c1-12-7-8-13(2)16(9-12)23-11-17(22)21-18(24)20-15-6-4-3-5-14(15)10-19/h3-9H,11H2,1-2H3,(H2,20,21,22,24). The Hall–Kier alpha value is -2.91. The Morgan fingerprint density at radius 3 is 2.75 bits per heavy atom. The summed E-state index contributed by atoms with van der Waals surface area (Å²) in [6, 6.07) is 14.8. The molecule has 5 nitrogen and oxygen atoms in total. The van der Waals surface area contributed by atoms with E-state index < -0.39 is 0 Å². The number of benzene rings is 2. The van der Waals surface area contributed by atoms with Crippen molar-refractivity contribution in [1.29, 1.82) is 5.26 Å². The van der Waals surface area contributed by atoms with Crippen LogP contribution in [0.25, 0.3) is 0 Å². The zero-order chi connectivity index (χ0) is 17.5.